The fourth-order valence-electron chi connectivity index (χ4n) is 4.60. The smallest absolute Gasteiger partial charge is 0.318 e. The molecule has 1 aromatic carbocycles. The second-order valence-corrected chi connectivity index (χ2v) is 8.71. The number of nitrogens with zero attached hydrogens (tertiary/aromatic N) is 6. The number of nitrogens with one attached hydrogen (secondary N) is 2. The third-order valence-electron chi connectivity index (χ3n) is 6.29. The number of pyridine rings is 1. The molecule has 0 spiro atoms. The van der Waals surface area contributed by atoms with Gasteiger partial charge >= 0.3 is 6.01 Å². The maximum absolute atomic E-state index is 5.99. The van der Waals surface area contributed by atoms with Crippen LogP contribution in [0.1, 0.15) is 17.2 Å². The summed E-state index contributed by atoms with van der Waals surface area (Å²) in [5, 5.41) is 23.5. The summed E-state index contributed by atoms with van der Waals surface area (Å²) in [7, 11) is 0. The first-order chi connectivity index (χ1) is 15.7. The zero-order valence-electron chi connectivity index (χ0n) is 17.1. The van der Waals surface area contributed by atoms with Gasteiger partial charge < -0.3 is 14.6 Å². The van der Waals surface area contributed by atoms with Crippen molar-refractivity contribution in [3.8, 4) is 11.5 Å². The van der Waals surface area contributed by atoms with Gasteiger partial charge in [0.15, 0.2) is 0 Å². The van der Waals surface area contributed by atoms with E-state index in [1.807, 2.05) is 42.6 Å². The van der Waals surface area contributed by atoms with Gasteiger partial charge in [-0.3, -0.25) is 0 Å². The highest BCUT2D eigenvalue weighted by molar-refractivity contribution is 6.30. The average molecular weight is 449 g/mol. The van der Waals surface area contributed by atoms with E-state index in [1.54, 1.807) is 6.20 Å². The molecular formula is C22H21ClN8O. The molecule has 2 unspecified atom stereocenters. The van der Waals surface area contributed by atoms with E-state index in [2.05, 4.69) is 40.8 Å². The highest BCUT2D eigenvalue weighted by Crippen LogP contribution is 2.58. The van der Waals surface area contributed by atoms with Crippen molar-refractivity contribution in [2.75, 3.05) is 29.9 Å². The summed E-state index contributed by atoms with van der Waals surface area (Å²) in [5.74, 6) is 2.92. The maximum Gasteiger partial charge on any atom is 0.318 e. The number of aromatic amines is 1. The van der Waals surface area contributed by atoms with Crippen molar-refractivity contribution in [3.63, 3.8) is 0 Å². The molecule has 1 aliphatic carbocycles. The molecule has 9 nitrogen and oxygen atoms in total. The van der Waals surface area contributed by atoms with Gasteiger partial charge in [-0.05, 0) is 48.1 Å². The van der Waals surface area contributed by atoms with Crippen molar-refractivity contribution in [1.82, 2.24) is 30.6 Å². The van der Waals surface area contributed by atoms with Crippen molar-refractivity contribution in [3.05, 3.63) is 65.1 Å². The van der Waals surface area contributed by atoms with Gasteiger partial charge in [-0.1, -0.05) is 28.8 Å². The van der Waals surface area contributed by atoms with Gasteiger partial charge in [0, 0.05) is 42.3 Å². The molecule has 6 rings (SSSR count). The first kappa shape index (κ1) is 19.2. The summed E-state index contributed by atoms with van der Waals surface area (Å²) in [6.45, 7) is 2.56. The number of rotatable bonds is 7. The fraction of sp³-hybridized carbons (Fsp3) is 0.318. The Morgan fingerprint density at radius 2 is 1.97 bits per heavy atom. The Bertz CT molecular complexity index is 1200. The molecule has 2 N–H and O–H groups in total. The van der Waals surface area contributed by atoms with Crippen LogP contribution in [0.2, 0.25) is 5.02 Å². The molecule has 4 heterocycles. The number of H-pyrrole nitrogens is 1. The van der Waals surface area contributed by atoms with Gasteiger partial charge in [0.25, 0.3) is 0 Å². The van der Waals surface area contributed by atoms with Crippen LogP contribution in [0.5, 0.6) is 0 Å². The van der Waals surface area contributed by atoms with Crippen LogP contribution in [0.25, 0.3) is 11.5 Å². The predicted molar refractivity (Wildman–Crippen MR) is 119 cm³/mol. The number of hydrogen-bond acceptors (Lipinski definition) is 8. The lowest BCUT2D eigenvalue weighted by atomic mass is 10.1. The topological polar surface area (TPSA) is 109 Å². The van der Waals surface area contributed by atoms with E-state index in [1.165, 1.54) is 5.56 Å². The zero-order chi connectivity index (χ0) is 21.5. The zero-order valence-corrected chi connectivity index (χ0v) is 17.9. The van der Waals surface area contributed by atoms with Crippen molar-refractivity contribution in [2.45, 2.75) is 12.3 Å². The van der Waals surface area contributed by atoms with E-state index >= 15 is 0 Å². The molecule has 0 bridgehead atoms. The minimum atomic E-state index is 0.495. The van der Waals surface area contributed by atoms with Crippen LogP contribution in [0, 0.1) is 11.8 Å². The summed E-state index contributed by atoms with van der Waals surface area (Å²) >= 11 is 5.94. The van der Waals surface area contributed by atoms with Crippen LogP contribution in [-0.2, 0) is 6.42 Å². The third kappa shape index (κ3) is 3.69. The van der Waals surface area contributed by atoms with Gasteiger partial charge in [-0.15, -0.1) is 5.10 Å². The second-order valence-electron chi connectivity index (χ2n) is 8.28. The summed E-state index contributed by atoms with van der Waals surface area (Å²) in [5.41, 5.74) is 3.12. The van der Waals surface area contributed by atoms with Crippen LogP contribution in [-0.4, -0.2) is 50.2 Å². The number of hydrogen-bond donors (Lipinski definition) is 2. The van der Waals surface area contributed by atoms with Crippen LogP contribution in [0.3, 0.4) is 0 Å². The summed E-state index contributed by atoms with van der Waals surface area (Å²) < 4.78 is 5.99. The van der Waals surface area contributed by atoms with Crippen molar-refractivity contribution in [2.24, 2.45) is 11.8 Å². The van der Waals surface area contributed by atoms with Gasteiger partial charge in [-0.25, -0.2) is 4.98 Å². The molecule has 2 atom stereocenters. The largest absolute Gasteiger partial charge is 0.403 e. The number of anilines is 2. The highest BCUT2D eigenvalue weighted by Gasteiger charge is 2.58. The van der Waals surface area contributed by atoms with Crippen LogP contribution >= 0.6 is 11.6 Å². The highest BCUT2D eigenvalue weighted by atomic mass is 35.5. The van der Waals surface area contributed by atoms with Crippen molar-refractivity contribution >= 4 is 23.4 Å². The van der Waals surface area contributed by atoms with E-state index in [0.29, 0.717) is 29.7 Å². The molecule has 1 saturated heterocycles. The van der Waals surface area contributed by atoms with Crippen LogP contribution in [0.4, 0.5) is 11.8 Å². The molecule has 2 aliphatic rings. The van der Waals surface area contributed by atoms with Crippen molar-refractivity contribution in [1.29, 1.82) is 0 Å². The van der Waals surface area contributed by atoms with E-state index in [0.717, 1.165) is 48.2 Å². The molecule has 4 aromatic rings. The lowest BCUT2D eigenvalue weighted by Crippen LogP contribution is -2.23. The number of piperidine rings is 1. The molecule has 3 aromatic heterocycles. The minimum Gasteiger partial charge on any atom is -0.403 e. The Kier molecular flexibility index (Phi) is 4.75. The van der Waals surface area contributed by atoms with E-state index in [4.69, 9.17) is 16.0 Å². The quantitative estimate of drug-likeness (QED) is 0.442. The van der Waals surface area contributed by atoms with Gasteiger partial charge in [0.2, 0.25) is 5.89 Å². The Hall–Kier alpha value is -3.46. The first-order valence-corrected chi connectivity index (χ1v) is 11.0. The average Bonchev–Trinajstić information content (AvgIpc) is 3.35. The Labute approximate surface area is 189 Å². The number of halogens is 1. The number of benzene rings is 1. The van der Waals surface area contributed by atoms with Crippen LogP contribution in [0.15, 0.2) is 53.2 Å². The second kappa shape index (κ2) is 7.90. The summed E-state index contributed by atoms with van der Waals surface area (Å²) in [4.78, 5) is 6.56. The maximum atomic E-state index is 5.99. The minimum absolute atomic E-state index is 0.495. The van der Waals surface area contributed by atoms with E-state index in [-0.39, 0.29) is 0 Å². The summed E-state index contributed by atoms with van der Waals surface area (Å²) in [6.07, 6.45) is 4.44. The molecule has 1 saturated carbocycles. The first-order valence-electron chi connectivity index (χ1n) is 10.6. The molecule has 2 fully saturated rings. The SMILES string of the molecule is Clc1ccc(CCNc2cc(-c3nnc(N4CC5C(C4)C5c4cn[nH]n4)o3)ccn2)cc1. The van der Waals surface area contributed by atoms with Crippen LogP contribution < -0.4 is 10.2 Å². The number of fused-ring (bicyclic) bond motifs is 1. The van der Waals surface area contributed by atoms with E-state index in [9.17, 15) is 0 Å². The van der Waals surface area contributed by atoms with Gasteiger partial charge in [-0.2, -0.15) is 15.4 Å². The lowest BCUT2D eigenvalue weighted by Gasteiger charge is -2.15. The number of aromatic nitrogens is 6. The normalized spacial score (nSPS) is 21.5. The molecule has 0 radical (unpaired) electrons. The van der Waals surface area contributed by atoms with E-state index < -0.39 is 0 Å². The van der Waals surface area contributed by atoms with Gasteiger partial charge in [0.1, 0.15) is 5.82 Å². The molecule has 32 heavy (non-hydrogen) atoms. The predicted octanol–water partition coefficient (Wildman–Crippen LogP) is 3.41. The molecule has 162 valence electrons. The molecule has 1 aliphatic heterocycles. The lowest BCUT2D eigenvalue weighted by molar-refractivity contribution is 0.543. The summed E-state index contributed by atoms with van der Waals surface area (Å²) in [6, 6.07) is 12.3. The molecular weight excluding hydrogens is 428 g/mol. The third-order valence-corrected chi connectivity index (χ3v) is 6.55. The Balaban J connectivity index is 1.07. The Morgan fingerprint density at radius 1 is 1.12 bits per heavy atom. The van der Waals surface area contributed by atoms with Gasteiger partial charge in [0.05, 0.1) is 11.9 Å². The molecule has 10 heteroatoms. The standard InChI is InChI=1S/C22H21ClN8O/c23-15-3-1-13(2-4-15)5-7-24-19-9-14(6-8-25-19)21-28-29-22(32-21)31-11-16-17(12-31)20(16)18-10-26-30-27-18/h1-4,6,8-10,16-17,20H,5,7,11-12H2,(H,24,25)(H,26,27,30). The monoisotopic (exact) mass is 448 g/mol. The fourth-order valence-corrected chi connectivity index (χ4v) is 4.72. The molecule has 0 amide bonds. The van der Waals surface area contributed by atoms with Crippen molar-refractivity contribution < 1.29 is 4.42 Å². The Morgan fingerprint density at radius 3 is 2.75 bits per heavy atom.